The lowest BCUT2D eigenvalue weighted by atomic mass is 9.44. The summed E-state index contributed by atoms with van der Waals surface area (Å²) in [7, 11) is 0. The minimum Gasteiger partial charge on any atom is -0.393 e. The number of hydrogen-bond donors (Lipinski definition) is 1. The average Bonchev–Trinajstić information content (AvgIpc) is 2.85. The van der Waals surface area contributed by atoms with Crippen molar-refractivity contribution in [2.75, 3.05) is 0 Å². The summed E-state index contributed by atoms with van der Waals surface area (Å²) in [4.78, 5) is 11.5. The lowest BCUT2D eigenvalue weighted by Gasteiger charge is -2.61. The van der Waals surface area contributed by atoms with Crippen LogP contribution in [0.5, 0.6) is 0 Å². The molecule has 1 N–H and O–H groups in total. The standard InChI is InChI=1S/C20H32O2/c1-19-11-10-17-15(16(19)9-7-14(19)12-21)8-6-13-4-3-5-18(22)20(13,17)2/h12-18,22H,3-11H2,1-2H3/t13?,14?,15-,16-,17+,18?,19+,20-/m0/s1. The van der Waals surface area contributed by atoms with Crippen LogP contribution in [0, 0.1) is 40.4 Å². The van der Waals surface area contributed by atoms with E-state index in [2.05, 4.69) is 13.8 Å². The molecule has 0 aliphatic heterocycles. The molecule has 0 bridgehead atoms. The topological polar surface area (TPSA) is 37.3 Å². The van der Waals surface area contributed by atoms with Crippen molar-refractivity contribution in [2.45, 2.75) is 77.7 Å². The van der Waals surface area contributed by atoms with Crippen LogP contribution in [0.3, 0.4) is 0 Å². The molecule has 4 aliphatic rings. The van der Waals surface area contributed by atoms with Crippen LogP contribution in [0.2, 0.25) is 0 Å². The quantitative estimate of drug-likeness (QED) is 0.737. The van der Waals surface area contributed by atoms with Gasteiger partial charge < -0.3 is 9.90 Å². The van der Waals surface area contributed by atoms with Crippen molar-refractivity contribution in [1.82, 2.24) is 0 Å². The normalized spacial score (nSPS) is 57.6. The molecule has 0 amide bonds. The van der Waals surface area contributed by atoms with Crippen LogP contribution in [0.1, 0.15) is 71.6 Å². The predicted molar refractivity (Wildman–Crippen MR) is 87.3 cm³/mol. The second-order valence-corrected chi connectivity index (χ2v) is 9.33. The van der Waals surface area contributed by atoms with E-state index in [4.69, 9.17) is 0 Å². The lowest BCUT2D eigenvalue weighted by molar-refractivity contribution is -0.163. The maximum Gasteiger partial charge on any atom is 0.123 e. The summed E-state index contributed by atoms with van der Waals surface area (Å²) in [5.74, 6) is 3.22. The molecule has 0 spiro atoms. The number of carbonyl (C=O) groups excluding carboxylic acids is 1. The van der Waals surface area contributed by atoms with Gasteiger partial charge in [0, 0.05) is 5.92 Å². The molecule has 0 radical (unpaired) electrons. The van der Waals surface area contributed by atoms with E-state index in [0.717, 1.165) is 30.6 Å². The summed E-state index contributed by atoms with van der Waals surface area (Å²) in [6.45, 7) is 4.80. The predicted octanol–water partition coefficient (Wildman–Crippen LogP) is 4.21. The van der Waals surface area contributed by atoms with Crippen LogP contribution in [0.25, 0.3) is 0 Å². The van der Waals surface area contributed by atoms with E-state index in [1.165, 1.54) is 51.2 Å². The van der Waals surface area contributed by atoms with E-state index in [0.29, 0.717) is 11.8 Å². The molecule has 0 aromatic rings. The lowest BCUT2D eigenvalue weighted by Crippen LogP contribution is -2.57. The van der Waals surface area contributed by atoms with Gasteiger partial charge in [0.1, 0.15) is 6.29 Å². The van der Waals surface area contributed by atoms with Crippen LogP contribution < -0.4 is 0 Å². The fraction of sp³-hybridized carbons (Fsp3) is 0.950. The summed E-state index contributed by atoms with van der Waals surface area (Å²) in [6.07, 6.45) is 12.2. The van der Waals surface area contributed by atoms with Crippen LogP contribution in [0.4, 0.5) is 0 Å². The van der Waals surface area contributed by atoms with Crippen molar-refractivity contribution in [3.05, 3.63) is 0 Å². The first-order valence-corrected chi connectivity index (χ1v) is 9.65. The highest BCUT2D eigenvalue weighted by molar-refractivity contribution is 5.56. The Morgan fingerprint density at radius 2 is 1.77 bits per heavy atom. The zero-order chi connectivity index (χ0) is 15.5. The van der Waals surface area contributed by atoms with Crippen molar-refractivity contribution in [1.29, 1.82) is 0 Å². The van der Waals surface area contributed by atoms with Crippen LogP contribution in [-0.4, -0.2) is 17.5 Å². The van der Waals surface area contributed by atoms with Crippen LogP contribution in [0.15, 0.2) is 0 Å². The zero-order valence-corrected chi connectivity index (χ0v) is 14.3. The molecule has 4 rings (SSSR count). The monoisotopic (exact) mass is 304 g/mol. The molecule has 0 aromatic heterocycles. The summed E-state index contributed by atoms with van der Waals surface area (Å²) in [5.41, 5.74) is 0.410. The first-order valence-electron chi connectivity index (χ1n) is 9.65. The molecular weight excluding hydrogens is 272 g/mol. The minimum atomic E-state index is -0.0910. The molecule has 4 saturated carbocycles. The number of carbonyl (C=O) groups is 1. The van der Waals surface area contributed by atoms with Crippen molar-refractivity contribution >= 4 is 6.29 Å². The molecule has 124 valence electrons. The van der Waals surface area contributed by atoms with Gasteiger partial charge in [-0.15, -0.1) is 0 Å². The fourth-order valence-corrected chi connectivity index (χ4v) is 7.58. The Bertz CT molecular complexity index is 461. The average molecular weight is 304 g/mol. The third kappa shape index (κ3) is 1.79. The van der Waals surface area contributed by atoms with Crippen LogP contribution in [-0.2, 0) is 4.79 Å². The Labute approximate surface area is 135 Å². The summed E-state index contributed by atoms with van der Waals surface area (Å²) in [6, 6.07) is 0. The zero-order valence-electron chi connectivity index (χ0n) is 14.3. The van der Waals surface area contributed by atoms with E-state index >= 15 is 0 Å². The molecule has 0 saturated heterocycles. The summed E-state index contributed by atoms with van der Waals surface area (Å²) in [5, 5.41) is 10.8. The number of aliphatic hydroxyl groups excluding tert-OH is 1. The second-order valence-electron chi connectivity index (χ2n) is 9.33. The number of aldehydes is 1. The van der Waals surface area contributed by atoms with Crippen LogP contribution >= 0.6 is 0 Å². The van der Waals surface area contributed by atoms with E-state index in [1.54, 1.807) is 0 Å². The Morgan fingerprint density at radius 3 is 2.55 bits per heavy atom. The Balaban J connectivity index is 1.66. The highest BCUT2D eigenvalue weighted by Crippen LogP contribution is 2.67. The smallest absolute Gasteiger partial charge is 0.123 e. The molecule has 4 fully saturated rings. The van der Waals surface area contributed by atoms with Gasteiger partial charge >= 0.3 is 0 Å². The molecule has 8 atom stereocenters. The van der Waals surface area contributed by atoms with Gasteiger partial charge in [0.15, 0.2) is 0 Å². The number of aliphatic hydroxyl groups is 1. The van der Waals surface area contributed by atoms with Gasteiger partial charge in [-0.2, -0.15) is 0 Å². The van der Waals surface area contributed by atoms with Crippen molar-refractivity contribution in [2.24, 2.45) is 40.4 Å². The highest BCUT2D eigenvalue weighted by atomic mass is 16.3. The van der Waals surface area contributed by atoms with Gasteiger partial charge in [0.2, 0.25) is 0 Å². The van der Waals surface area contributed by atoms with Crippen molar-refractivity contribution in [3.8, 4) is 0 Å². The highest BCUT2D eigenvalue weighted by Gasteiger charge is 2.61. The van der Waals surface area contributed by atoms with Gasteiger partial charge in [-0.25, -0.2) is 0 Å². The van der Waals surface area contributed by atoms with E-state index in [1.807, 2.05) is 0 Å². The third-order valence-corrected chi connectivity index (χ3v) is 8.95. The minimum absolute atomic E-state index is 0.0910. The van der Waals surface area contributed by atoms with E-state index < -0.39 is 0 Å². The number of hydrogen-bond acceptors (Lipinski definition) is 2. The largest absolute Gasteiger partial charge is 0.393 e. The second kappa shape index (κ2) is 5.06. The van der Waals surface area contributed by atoms with Gasteiger partial charge in [-0.3, -0.25) is 0 Å². The van der Waals surface area contributed by atoms with Gasteiger partial charge in [0.05, 0.1) is 6.10 Å². The van der Waals surface area contributed by atoms with Gasteiger partial charge in [0.25, 0.3) is 0 Å². The number of rotatable bonds is 1. The maximum atomic E-state index is 11.5. The Kier molecular flexibility index (Phi) is 3.49. The van der Waals surface area contributed by atoms with Crippen molar-refractivity contribution in [3.63, 3.8) is 0 Å². The van der Waals surface area contributed by atoms with E-state index in [-0.39, 0.29) is 16.9 Å². The molecule has 22 heavy (non-hydrogen) atoms. The molecule has 0 aromatic carbocycles. The molecule has 4 aliphatic carbocycles. The maximum absolute atomic E-state index is 11.5. The Morgan fingerprint density at radius 1 is 0.955 bits per heavy atom. The third-order valence-electron chi connectivity index (χ3n) is 8.95. The molecule has 3 unspecified atom stereocenters. The molecule has 2 heteroatoms. The first kappa shape index (κ1) is 15.2. The number of fused-ring (bicyclic) bond motifs is 5. The van der Waals surface area contributed by atoms with Crippen molar-refractivity contribution < 1.29 is 9.90 Å². The summed E-state index contributed by atoms with van der Waals surface area (Å²) < 4.78 is 0. The SMILES string of the molecule is C[C@]12C(O)CCCC1CC[C@@H]1[C@H]2CC[C@]2(C)C(C=O)CC[C@@H]12. The molecule has 0 heterocycles. The molecular formula is C20H32O2. The van der Waals surface area contributed by atoms with E-state index in [9.17, 15) is 9.90 Å². The fourth-order valence-electron chi connectivity index (χ4n) is 7.58. The van der Waals surface area contributed by atoms with Gasteiger partial charge in [-0.05, 0) is 85.9 Å². The Hall–Kier alpha value is -0.370. The van der Waals surface area contributed by atoms with Gasteiger partial charge in [-0.1, -0.05) is 20.3 Å². The first-order chi connectivity index (χ1) is 10.5. The molecule has 2 nitrogen and oxygen atoms in total. The summed E-state index contributed by atoms with van der Waals surface area (Å²) >= 11 is 0.